The number of hydrogen-bond donors (Lipinski definition) is 1. The summed E-state index contributed by atoms with van der Waals surface area (Å²) in [6, 6.07) is 9.24. The van der Waals surface area contributed by atoms with Crippen molar-refractivity contribution in [3.8, 4) is 11.4 Å². The summed E-state index contributed by atoms with van der Waals surface area (Å²) in [4.78, 5) is 12.3. The predicted molar refractivity (Wildman–Crippen MR) is 111 cm³/mol. The first-order valence-corrected chi connectivity index (χ1v) is 9.88. The van der Waals surface area contributed by atoms with Crippen molar-refractivity contribution < 1.29 is 9.53 Å². The van der Waals surface area contributed by atoms with Crippen LogP contribution in [0.15, 0.2) is 35.5 Å². The van der Waals surface area contributed by atoms with E-state index in [2.05, 4.69) is 39.9 Å². The number of methoxy groups -OCH3 is 1. The van der Waals surface area contributed by atoms with Crippen molar-refractivity contribution in [3.63, 3.8) is 0 Å². The highest BCUT2D eigenvalue weighted by Crippen LogP contribution is 2.28. The van der Waals surface area contributed by atoms with Gasteiger partial charge in [-0.3, -0.25) is 4.79 Å². The third kappa shape index (κ3) is 4.45. The molecule has 146 valence electrons. The van der Waals surface area contributed by atoms with E-state index < -0.39 is 0 Å². The Morgan fingerprint density at radius 2 is 1.93 bits per heavy atom. The third-order valence-electron chi connectivity index (χ3n) is 4.06. The number of anilines is 1. The van der Waals surface area contributed by atoms with E-state index in [1.165, 1.54) is 24.4 Å². The van der Waals surface area contributed by atoms with E-state index in [1.54, 1.807) is 22.9 Å². The van der Waals surface area contributed by atoms with Crippen LogP contribution in [0.25, 0.3) is 5.69 Å². The topological polar surface area (TPSA) is 81.9 Å². The Morgan fingerprint density at radius 3 is 2.57 bits per heavy atom. The quantitative estimate of drug-likeness (QED) is 0.611. The summed E-state index contributed by atoms with van der Waals surface area (Å²) in [7, 11) is 1.54. The monoisotopic (exact) mass is 417 g/mol. The van der Waals surface area contributed by atoms with Crippen LogP contribution in [-0.4, -0.2) is 39.0 Å². The van der Waals surface area contributed by atoms with E-state index in [0.717, 1.165) is 16.8 Å². The molecular weight excluding hydrogens is 398 g/mol. The maximum Gasteiger partial charge on any atom is 0.234 e. The van der Waals surface area contributed by atoms with Gasteiger partial charge in [-0.2, -0.15) is 4.68 Å². The SMILES string of the molecule is COc1ccc(NC(=O)CSc2nnnn2-c2c(C)cc(C)cc2C)cc1Cl. The van der Waals surface area contributed by atoms with E-state index in [1.807, 2.05) is 13.8 Å². The summed E-state index contributed by atoms with van der Waals surface area (Å²) < 4.78 is 6.78. The van der Waals surface area contributed by atoms with Crippen LogP contribution in [-0.2, 0) is 4.79 Å². The number of amides is 1. The summed E-state index contributed by atoms with van der Waals surface area (Å²) in [5.41, 5.74) is 4.85. The Labute approximate surface area is 172 Å². The van der Waals surface area contributed by atoms with Crippen molar-refractivity contribution in [3.05, 3.63) is 52.0 Å². The molecule has 2 aromatic carbocycles. The first-order chi connectivity index (χ1) is 13.4. The smallest absolute Gasteiger partial charge is 0.234 e. The molecule has 3 rings (SSSR count). The van der Waals surface area contributed by atoms with Crippen LogP contribution in [0.1, 0.15) is 16.7 Å². The van der Waals surface area contributed by atoms with Gasteiger partial charge in [0.2, 0.25) is 11.1 Å². The zero-order valence-corrected chi connectivity index (χ0v) is 17.6. The van der Waals surface area contributed by atoms with Gasteiger partial charge in [-0.05, 0) is 60.5 Å². The van der Waals surface area contributed by atoms with Crippen LogP contribution in [0.4, 0.5) is 5.69 Å². The molecule has 1 N–H and O–H groups in total. The summed E-state index contributed by atoms with van der Waals surface area (Å²) in [6.07, 6.45) is 0. The molecule has 0 unspecified atom stereocenters. The molecule has 3 aromatic rings. The first-order valence-electron chi connectivity index (χ1n) is 8.52. The number of benzene rings is 2. The molecule has 7 nitrogen and oxygen atoms in total. The molecule has 0 aliphatic heterocycles. The zero-order valence-electron chi connectivity index (χ0n) is 16.0. The van der Waals surface area contributed by atoms with Crippen molar-refractivity contribution in [2.75, 3.05) is 18.2 Å². The second kappa shape index (κ2) is 8.62. The molecule has 0 aliphatic rings. The summed E-state index contributed by atoms with van der Waals surface area (Å²) >= 11 is 7.36. The highest BCUT2D eigenvalue weighted by Gasteiger charge is 2.15. The lowest BCUT2D eigenvalue weighted by molar-refractivity contribution is -0.113. The van der Waals surface area contributed by atoms with E-state index >= 15 is 0 Å². The molecule has 0 atom stereocenters. The summed E-state index contributed by atoms with van der Waals surface area (Å²) in [6.45, 7) is 6.09. The van der Waals surface area contributed by atoms with E-state index in [9.17, 15) is 4.79 Å². The molecule has 0 spiro atoms. The molecule has 0 radical (unpaired) electrons. The van der Waals surface area contributed by atoms with Crippen LogP contribution < -0.4 is 10.1 Å². The van der Waals surface area contributed by atoms with Crippen molar-refractivity contribution >= 4 is 35.0 Å². The van der Waals surface area contributed by atoms with Gasteiger partial charge >= 0.3 is 0 Å². The average Bonchev–Trinajstić information content (AvgIpc) is 3.07. The number of rotatable bonds is 6. The Balaban J connectivity index is 1.70. The fourth-order valence-electron chi connectivity index (χ4n) is 2.99. The Morgan fingerprint density at radius 1 is 1.21 bits per heavy atom. The Hall–Kier alpha value is -2.58. The van der Waals surface area contributed by atoms with Gasteiger partial charge in [-0.25, -0.2) is 0 Å². The molecule has 0 bridgehead atoms. The normalized spacial score (nSPS) is 10.8. The highest BCUT2D eigenvalue weighted by molar-refractivity contribution is 7.99. The maximum absolute atomic E-state index is 12.3. The largest absolute Gasteiger partial charge is 0.495 e. The molecule has 1 heterocycles. The summed E-state index contributed by atoms with van der Waals surface area (Å²) in [5, 5.41) is 15.7. The van der Waals surface area contributed by atoms with Gasteiger partial charge in [0.25, 0.3) is 0 Å². The number of aromatic nitrogens is 4. The molecular formula is C19H20ClN5O2S. The number of ether oxygens (including phenoxy) is 1. The number of hydrogen-bond acceptors (Lipinski definition) is 6. The number of nitrogens with zero attached hydrogens (tertiary/aromatic N) is 4. The molecule has 0 saturated carbocycles. The lowest BCUT2D eigenvalue weighted by Crippen LogP contribution is -2.15. The van der Waals surface area contributed by atoms with Gasteiger partial charge in [0.1, 0.15) is 5.75 Å². The number of carbonyl (C=O) groups is 1. The predicted octanol–water partition coefficient (Wildman–Crippen LogP) is 3.98. The van der Waals surface area contributed by atoms with Gasteiger partial charge in [0, 0.05) is 5.69 Å². The van der Waals surface area contributed by atoms with E-state index in [0.29, 0.717) is 21.6 Å². The third-order valence-corrected chi connectivity index (χ3v) is 5.27. The van der Waals surface area contributed by atoms with Gasteiger partial charge in [0.15, 0.2) is 0 Å². The molecule has 0 aliphatic carbocycles. The van der Waals surface area contributed by atoms with Crippen LogP contribution in [0.2, 0.25) is 5.02 Å². The fourth-order valence-corrected chi connectivity index (χ4v) is 3.92. The second-order valence-corrected chi connectivity index (χ2v) is 7.66. The van der Waals surface area contributed by atoms with Crippen LogP contribution >= 0.6 is 23.4 Å². The number of carbonyl (C=O) groups excluding carboxylic acids is 1. The molecule has 0 fully saturated rings. The van der Waals surface area contributed by atoms with Gasteiger partial charge in [-0.1, -0.05) is 41.1 Å². The molecule has 9 heteroatoms. The van der Waals surface area contributed by atoms with Gasteiger partial charge < -0.3 is 10.1 Å². The van der Waals surface area contributed by atoms with Gasteiger partial charge in [0.05, 0.1) is 23.6 Å². The lowest BCUT2D eigenvalue weighted by Gasteiger charge is -2.12. The Bertz CT molecular complexity index is 998. The molecule has 1 amide bonds. The molecule has 28 heavy (non-hydrogen) atoms. The Kier molecular flexibility index (Phi) is 6.21. The lowest BCUT2D eigenvalue weighted by atomic mass is 10.1. The van der Waals surface area contributed by atoms with Crippen molar-refractivity contribution in [1.82, 2.24) is 20.2 Å². The number of nitrogens with one attached hydrogen (secondary N) is 1. The standard InChI is InChI=1S/C19H20ClN5O2S/c1-11-7-12(2)18(13(3)8-11)25-19(22-23-24-25)28-10-17(26)21-14-5-6-16(27-4)15(20)9-14/h5-9H,10H2,1-4H3,(H,21,26). The van der Waals surface area contributed by atoms with Crippen LogP contribution in [0, 0.1) is 20.8 Å². The summed E-state index contributed by atoms with van der Waals surface area (Å²) in [5.74, 6) is 0.531. The van der Waals surface area contributed by atoms with Crippen molar-refractivity contribution in [1.29, 1.82) is 0 Å². The number of aryl methyl sites for hydroxylation is 3. The first kappa shape index (κ1) is 20.2. The van der Waals surface area contributed by atoms with Crippen LogP contribution in [0.5, 0.6) is 5.75 Å². The number of halogens is 1. The minimum Gasteiger partial charge on any atom is -0.495 e. The maximum atomic E-state index is 12.3. The van der Waals surface area contributed by atoms with Crippen LogP contribution in [0.3, 0.4) is 0 Å². The average molecular weight is 418 g/mol. The zero-order chi connectivity index (χ0) is 20.3. The van der Waals surface area contributed by atoms with E-state index in [-0.39, 0.29) is 11.7 Å². The highest BCUT2D eigenvalue weighted by atomic mass is 35.5. The number of tetrazole rings is 1. The van der Waals surface area contributed by atoms with Crippen molar-refractivity contribution in [2.45, 2.75) is 25.9 Å². The minimum absolute atomic E-state index is 0.161. The second-order valence-electron chi connectivity index (χ2n) is 6.31. The minimum atomic E-state index is -0.182. The van der Waals surface area contributed by atoms with Crippen molar-refractivity contribution in [2.24, 2.45) is 0 Å². The molecule has 0 saturated heterocycles. The fraction of sp³-hybridized carbons (Fsp3) is 0.263. The number of thioether (sulfide) groups is 1. The molecule has 1 aromatic heterocycles. The van der Waals surface area contributed by atoms with Gasteiger partial charge in [-0.15, -0.1) is 5.10 Å². The van der Waals surface area contributed by atoms with E-state index in [4.69, 9.17) is 16.3 Å².